The Balaban J connectivity index is 2.21. The first-order chi connectivity index (χ1) is 8.70. The van der Waals surface area contributed by atoms with E-state index in [1.807, 2.05) is 17.8 Å². The zero-order valence-electron chi connectivity index (χ0n) is 10.9. The lowest BCUT2D eigenvalue weighted by molar-refractivity contribution is 0.940. The lowest BCUT2D eigenvalue weighted by Crippen LogP contribution is -2.09. The van der Waals surface area contributed by atoms with Crippen molar-refractivity contribution in [1.29, 1.82) is 0 Å². The number of hydrogen-bond acceptors (Lipinski definition) is 2. The van der Waals surface area contributed by atoms with E-state index < -0.39 is 0 Å². The van der Waals surface area contributed by atoms with Crippen molar-refractivity contribution < 1.29 is 0 Å². The highest BCUT2D eigenvalue weighted by atomic mass is 32.2. The Labute approximate surface area is 113 Å². The molecule has 1 atom stereocenters. The highest BCUT2D eigenvalue weighted by Crippen LogP contribution is 2.36. The zero-order valence-corrected chi connectivity index (χ0v) is 11.7. The maximum atomic E-state index is 5.91. The molecule has 0 saturated carbocycles. The van der Waals surface area contributed by atoms with Gasteiger partial charge < -0.3 is 5.73 Å². The van der Waals surface area contributed by atoms with Gasteiger partial charge in [-0.05, 0) is 31.0 Å². The molecule has 0 spiro atoms. The van der Waals surface area contributed by atoms with Crippen LogP contribution in [0.2, 0.25) is 0 Å². The Morgan fingerprint density at radius 1 is 1.06 bits per heavy atom. The van der Waals surface area contributed by atoms with E-state index in [1.165, 1.54) is 21.6 Å². The molecule has 2 aromatic carbocycles. The third kappa shape index (κ3) is 3.15. The van der Waals surface area contributed by atoms with Crippen molar-refractivity contribution >= 4 is 11.8 Å². The average molecular weight is 257 g/mol. The summed E-state index contributed by atoms with van der Waals surface area (Å²) in [6, 6.07) is 17.1. The normalized spacial score (nSPS) is 12.4. The molecule has 0 aliphatic carbocycles. The summed E-state index contributed by atoms with van der Waals surface area (Å²) in [7, 11) is 0. The summed E-state index contributed by atoms with van der Waals surface area (Å²) in [6.07, 6.45) is 0. The van der Waals surface area contributed by atoms with Crippen molar-refractivity contribution in [1.82, 2.24) is 0 Å². The molecule has 94 valence electrons. The number of aryl methyl sites for hydroxylation is 2. The molecule has 0 aliphatic rings. The van der Waals surface area contributed by atoms with E-state index in [9.17, 15) is 0 Å². The van der Waals surface area contributed by atoms with Crippen LogP contribution in [0.5, 0.6) is 0 Å². The second-order valence-corrected chi connectivity index (χ2v) is 5.77. The summed E-state index contributed by atoms with van der Waals surface area (Å²) in [4.78, 5) is 1.32. The minimum atomic E-state index is 0.326. The molecule has 2 aromatic rings. The molecule has 0 heterocycles. The fourth-order valence-corrected chi connectivity index (χ4v) is 3.09. The molecule has 0 radical (unpaired) electrons. The van der Waals surface area contributed by atoms with Gasteiger partial charge in [-0.3, -0.25) is 0 Å². The molecule has 0 fully saturated rings. The van der Waals surface area contributed by atoms with Gasteiger partial charge in [-0.15, -0.1) is 11.8 Å². The van der Waals surface area contributed by atoms with Gasteiger partial charge in [-0.1, -0.05) is 48.0 Å². The number of hydrogen-bond donors (Lipinski definition) is 1. The van der Waals surface area contributed by atoms with Gasteiger partial charge in [0, 0.05) is 16.7 Å². The van der Waals surface area contributed by atoms with Crippen molar-refractivity contribution in [3.63, 3.8) is 0 Å². The second-order valence-electron chi connectivity index (χ2n) is 4.52. The van der Waals surface area contributed by atoms with Crippen molar-refractivity contribution in [3.05, 3.63) is 65.2 Å². The van der Waals surface area contributed by atoms with Crippen LogP contribution in [-0.4, -0.2) is 6.54 Å². The van der Waals surface area contributed by atoms with Crippen LogP contribution in [0.3, 0.4) is 0 Å². The molecule has 1 nitrogen and oxygen atoms in total. The number of rotatable bonds is 4. The molecular weight excluding hydrogens is 238 g/mol. The van der Waals surface area contributed by atoms with Crippen LogP contribution in [0, 0.1) is 13.8 Å². The summed E-state index contributed by atoms with van der Waals surface area (Å²) in [6.45, 7) is 4.94. The molecule has 2 heteroatoms. The molecule has 0 aliphatic heterocycles. The highest BCUT2D eigenvalue weighted by Gasteiger charge is 2.12. The molecule has 0 aromatic heterocycles. The van der Waals surface area contributed by atoms with Crippen molar-refractivity contribution in [2.24, 2.45) is 5.73 Å². The Bertz CT molecular complexity index is 508. The SMILES string of the molecule is Cc1ccc(SC(CN)c2ccccc2)c(C)c1. The van der Waals surface area contributed by atoms with Crippen LogP contribution >= 0.6 is 11.8 Å². The lowest BCUT2D eigenvalue weighted by atomic mass is 10.1. The first-order valence-corrected chi connectivity index (χ1v) is 7.07. The molecule has 0 bridgehead atoms. The summed E-state index contributed by atoms with van der Waals surface area (Å²) < 4.78 is 0. The predicted octanol–water partition coefficient (Wildman–Crippen LogP) is 4.10. The summed E-state index contributed by atoms with van der Waals surface area (Å²) in [5.74, 6) is 0. The van der Waals surface area contributed by atoms with Crippen molar-refractivity contribution in [3.8, 4) is 0 Å². The molecule has 0 amide bonds. The second kappa shape index (κ2) is 6.07. The first-order valence-electron chi connectivity index (χ1n) is 6.19. The Kier molecular flexibility index (Phi) is 4.45. The first kappa shape index (κ1) is 13.2. The fraction of sp³-hybridized carbons (Fsp3) is 0.250. The summed E-state index contributed by atoms with van der Waals surface area (Å²) >= 11 is 1.85. The molecule has 0 saturated heterocycles. The lowest BCUT2D eigenvalue weighted by Gasteiger charge is -2.16. The zero-order chi connectivity index (χ0) is 13.0. The van der Waals surface area contributed by atoms with Crippen molar-refractivity contribution in [2.45, 2.75) is 24.0 Å². The van der Waals surface area contributed by atoms with Gasteiger partial charge in [0.2, 0.25) is 0 Å². The van der Waals surface area contributed by atoms with Gasteiger partial charge >= 0.3 is 0 Å². The third-order valence-corrected chi connectivity index (χ3v) is 4.45. The maximum absolute atomic E-state index is 5.91. The maximum Gasteiger partial charge on any atom is 0.0466 e. The van der Waals surface area contributed by atoms with E-state index >= 15 is 0 Å². The van der Waals surface area contributed by atoms with Crippen molar-refractivity contribution in [2.75, 3.05) is 6.54 Å². The number of benzene rings is 2. The molecule has 2 rings (SSSR count). The fourth-order valence-electron chi connectivity index (χ4n) is 2.00. The monoisotopic (exact) mass is 257 g/mol. The van der Waals surface area contributed by atoms with Gasteiger partial charge in [0.1, 0.15) is 0 Å². The van der Waals surface area contributed by atoms with Crippen LogP contribution in [0.25, 0.3) is 0 Å². The minimum absolute atomic E-state index is 0.326. The summed E-state index contributed by atoms with van der Waals surface area (Å²) in [5, 5.41) is 0.326. The molecule has 18 heavy (non-hydrogen) atoms. The van der Waals surface area contributed by atoms with Gasteiger partial charge in [0.25, 0.3) is 0 Å². The van der Waals surface area contributed by atoms with E-state index in [4.69, 9.17) is 5.73 Å². The minimum Gasteiger partial charge on any atom is -0.329 e. The molecular formula is C16H19NS. The topological polar surface area (TPSA) is 26.0 Å². The quantitative estimate of drug-likeness (QED) is 0.835. The largest absolute Gasteiger partial charge is 0.329 e. The van der Waals surface area contributed by atoms with Crippen LogP contribution in [-0.2, 0) is 0 Å². The smallest absolute Gasteiger partial charge is 0.0466 e. The van der Waals surface area contributed by atoms with Gasteiger partial charge in [-0.2, -0.15) is 0 Å². The van der Waals surface area contributed by atoms with E-state index in [0.717, 1.165) is 0 Å². The van der Waals surface area contributed by atoms with Gasteiger partial charge in [0.15, 0.2) is 0 Å². The summed E-state index contributed by atoms with van der Waals surface area (Å²) in [5.41, 5.74) is 9.84. The standard InChI is InChI=1S/C16H19NS/c1-12-8-9-15(13(2)10-12)18-16(11-17)14-6-4-3-5-7-14/h3-10,16H,11,17H2,1-2H3. The third-order valence-electron chi connectivity index (χ3n) is 2.99. The Morgan fingerprint density at radius 2 is 1.78 bits per heavy atom. The van der Waals surface area contributed by atoms with Gasteiger partial charge in [-0.25, -0.2) is 0 Å². The van der Waals surface area contributed by atoms with Crippen LogP contribution in [0.15, 0.2) is 53.4 Å². The van der Waals surface area contributed by atoms with Crippen LogP contribution in [0.1, 0.15) is 21.9 Å². The Hall–Kier alpha value is -1.25. The molecule has 1 unspecified atom stereocenters. The van der Waals surface area contributed by atoms with Gasteiger partial charge in [0.05, 0.1) is 0 Å². The van der Waals surface area contributed by atoms with Crippen LogP contribution in [0.4, 0.5) is 0 Å². The van der Waals surface area contributed by atoms with E-state index in [-0.39, 0.29) is 0 Å². The number of nitrogens with two attached hydrogens (primary N) is 1. The van der Waals surface area contributed by atoms with E-state index in [0.29, 0.717) is 11.8 Å². The highest BCUT2D eigenvalue weighted by molar-refractivity contribution is 7.99. The molecule has 2 N–H and O–H groups in total. The van der Waals surface area contributed by atoms with E-state index in [2.05, 4.69) is 56.3 Å². The Morgan fingerprint density at radius 3 is 2.39 bits per heavy atom. The number of thioether (sulfide) groups is 1. The van der Waals surface area contributed by atoms with Crippen LogP contribution < -0.4 is 5.73 Å². The van der Waals surface area contributed by atoms with E-state index in [1.54, 1.807) is 0 Å². The average Bonchev–Trinajstić information content (AvgIpc) is 2.39. The predicted molar refractivity (Wildman–Crippen MR) is 80.0 cm³/mol.